The molecule has 0 spiro atoms. The molecule has 4 heterocycles. The maximum atomic E-state index is 14.5. The van der Waals surface area contributed by atoms with Crippen LogP contribution in [0.15, 0.2) is 30.3 Å². The molecule has 4 aromatic rings. The summed E-state index contributed by atoms with van der Waals surface area (Å²) in [7, 11) is 0. The predicted octanol–water partition coefficient (Wildman–Crippen LogP) is 3.48. The molecular weight excluding hydrogens is 364 g/mol. The Hall–Kier alpha value is -3.36. The Bertz CT molecular complexity index is 1210. The van der Waals surface area contributed by atoms with E-state index in [1.807, 2.05) is 26.0 Å². The van der Waals surface area contributed by atoms with Crippen LogP contribution in [-0.2, 0) is 6.54 Å². The smallest absolute Gasteiger partial charge is 0.177 e. The van der Waals surface area contributed by atoms with Crippen LogP contribution in [0.4, 0.5) is 14.6 Å². The van der Waals surface area contributed by atoms with E-state index < -0.39 is 11.6 Å². The van der Waals surface area contributed by atoms with E-state index in [-0.39, 0.29) is 11.5 Å². The summed E-state index contributed by atoms with van der Waals surface area (Å²) in [4.78, 5) is 0. The Morgan fingerprint density at radius 3 is 2.71 bits per heavy atom. The van der Waals surface area contributed by atoms with Gasteiger partial charge in [-0.2, -0.15) is 14.7 Å². The van der Waals surface area contributed by atoms with Crippen molar-refractivity contribution in [2.45, 2.75) is 26.3 Å². The van der Waals surface area contributed by atoms with Crippen molar-refractivity contribution in [2.24, 2.45) is 0 Å². The maximum Gasteiger partial charge on any atom is 0.177 e. The number of fused-ring (bicyclic) bond motifs is 2. The van der Waals surface area contributed by atoms with Crippen LogP contribution >= 0.6 is 0 Å². The molecule has 1 aromatic carbocycles. The van der Waals surface area contributed by atoms with Crippen LogP contribution in [0.2, 0.25) is 0 Å². The molecule has 3 aromatic heterocycles. The summed E-state index contributed by atoms with van der Waals surface area (Å²) < 4.78 is 31.4. The zero-order valence-corrected chi connectivity index (χ0v) is 15.3. The fourth-order valence-electron chi connectivity index (χ4n) is 3.50. The highest BCUT2D eigenvalue weighted by atomic mass is 19.1. The van der Waals surface area contributed by atoms with Crippen molar-refractivity contribution >= 4 is 11.5 Å². The van der Waals surface area contributed by atoms with E-state index >= 15 is 0 Å². The third-order valence-electron chi connectivity index (χ3n) is 4.81. The van der Waals surface area contributed by atoms with E-state index in [0.29, 0.717) is 29.1 Å². The molecule has 0 saturated carbocycles. The molecule has 28 heavy (non-hydrogen) atoms. The maximum absolute atomic E-state index is 14.5. The van der Waals surface area contributed by atoms with Crippen LogP contribution in [-0.4, -0.2) is 36.1 Å². The Kier molecular flexibility index (Phi) is 3.65. The van der Waals surface area contributed by atoms with E-state index in [9.17, 15) is 8.78 Å². The third kappa shape index (κ3) is 2.46. The van der Waals surface area contributed by atoms with E-state index in [2.05, 4.69) is 20.6 Å². The van der Waals surface area contributed by atoms with Crippen LogP contribution in [0.25, 0.3) is 28.2 Å². The highest BCUT2D eigenvalue weighted by Gasteiger charge is 2.27. The number of hydrogen-bond donors (Lipinski definition) is 1. The number of nitrogens with one attached hydrogen (secondary N) is 1. The molecule has 142 valence electrons. The van der Waals surface area contributed by atoms with Gasteiger partial charge in [0.2, 0.25) is 0 Å². The number of rotatable bonds is 3. The predicted molar refractivity (Wildman–Crippen MR) is 99.9 cm³/mol. The van der Waals surface area contributed by atoms with Gasteiger partial charge in [0.15, 0.2) is 11.5 Å². The quantitative estimate of drug-likeness (QED) is 0.588. The summed E-state index contributed by atoms with van der Waals surface area (Å²) in [6.07, 6.45) is 0. The Balaban J connectivity index is 1.76. The van der Waals surface area contributed by atoms with Gasteiger partial charge in [0.25, 0.3) is 0 Å². The summed E-state index contributed by atoms with van der Waals surface area (Å²) in [5.41, 5.74) is 2.58. The monoisotopic (exact) mass is 381 g/mol. The number of benzene rings is 1. The fourth-order valence-corrected chi connectivity index (χ4v) is 3.50. The van der Waals surface area contributed by atoms with E-state index in [0.717, 1.165) is 24.3 Å². The second kappa shape index (κ2) is 6.08. The largest absolute Gasteiger partial charge is 0.368 e. The number of halogens is 2. The lowest BCUT2D eigenvalue weighted by atomic mass is 10.0. The highest BCUT2D eigenvalue weighted by Crippen LogP contribution is 2.39. The summed E-state index contributed by atoms with van der Waals surface area (Å²) >= 11 is 0. The Morgan fingerprint density at radius 2 is 1.93 bits per heavy atom. The van der Waals surface area contributed by atoms with Crippen molar-refractivity contribution in [3.8, 4) is 22.5 Å². The SMILES string of the molecule is CC(C)c1nnc2ccc(-c3c(-c4ccc(F)cc4F)nn4c3NCC4)nn12. The molecule has 0 radical (unpaired) electrons. The number of hydrogen-bond acceptors (Lipinski definition) is 5. The zero-order valence-electron chi connectivity index (χ0n) is 15.3. The highest BCUT2D eigenvalue weighted by molar-refractivity contribution is 5.88. The van der Waals surface area contributed by atoms with Crippen molar-refractivity contribution in [1.29, 1.82) is 0 Å². The van der Waals surface area contributed by atoms with Gasteiger partial charge >= 0.3 is 0 Å². The Labute approximate surface area is 159 Å². The van der Waals surface area contributed by atoms with Crippen LogP contribution < -0.4 is 5.32 Å². The zero-order chi connectivity index (χ0) is 19.4. The second-order valence-corrected chi connectivity index (χ2v) is 7.05. The van der Waals surface area contributed by atoms with Crippen molar-refractivity contribution in [2.75, 3.05) is 11.9 Å². The van der Waals surface area contributed by atoms with Crippen LogP contribution in [0, 0.1) is 11.6 Å². The van der Waals surface area contributed by atoms with Gasteiger partial charge in [-0.15, -0.1) is 10.2 Å². The minimum Gasteiger partial charge on any atom is -0.368 e. The number of anilines is 1. The average Bonchev–Trinajstić information content (AvgIpc) is 3.34. The lowest BCUT2D eigenvalue weighted by molar-refractivity contribution is 0.584. The van der Waals surface area contributed by atoms with Crippen LogP contribution in [0.5, 0.6) is 0 Å². The van der Waals surface area contributed by atoms with E-state index in [1.165, 1.54) is 12.1 Å². The molecule has 9 heteroatoms. The van der Waals surface area contributed by atoms with Gasteiger partial charge in [-0.05, 0) is 24.3 Å². The van der Waals surface area contributed by atoms with Crippen molar-refractivity contribution in [3.63, 3.8) is 0 Å². The first kappa shape index (κ1) is 16.8. The van der Waals surface area contributed by atoms with Crippen LogP contribution in [0.3, 0.4) is 0 Å². The van der Waals surface area contributed by atoms with Gasteiger partial charge in [0.1, 0.15) is 23.1 Å². The molecule has 0 amide bonds. The number of aromatic nitrogens is 6. The topological polar surface area (TPSA) is 72.9 Å². The molecule has 7 nitrogen and oxygen atoms in total. The third-order valence-corrected chi connectivity index (χ3v) is 4.81. The fraction of sp³-hybridized carbons (Fsp3) is 0.263. The standard InChI is InChI=1S/C19H17F2N7/c1-10(2)18-24-23-15-6-5-14(25-28(15)18)16-17(26-27-8-7-22-19(16)27)12-4-3-11(20)9-13(12)21/h3-6,9-10,22H,7-8H2,1-2H3. The molecular formula is C19H17F2N7. The average molecular weight is 381 g/mol. The van der Waals surface area contributed by atoms with Crippen molar-refractivity contribution < 1.29 is 8.78 Å². The van der Waals surface area contributed by atoms with Gasteiger partial charge < -0.3 is 5.32 Å². The van der Waals surface area contributed by atoms with Gasteiger partial charge in [-0.1, -0.05) is 13.8 Å². The van der Waals surface area contributed by atoms with Crippen LogP contribution in [0.1, 0.15) is 25.6 Å². The first-order valence-corrected chi connectivity index (χ1v) is 9.06. The molecule has 0 unspecified atom stereocenters. The van der Waals surface area contributed by atoms with Gasteiger partial charge in [0, 0.05) is 24.1 Å². The van der Waals surface area contributed by atoms with E-state index in [4.69, 9.17) is 5.10 Å². The normalized spacial score (nSPS) is 13.3. The molecule has 0 saturated heterocycles. The summed E-state index contributed by atoms with van der Waals surface area (Å²) in [5.74, 6) is 0.361. The van der Waals surface area contributed by atoms with Gasteiger partial charge in [-0.3, -0.25) is 0 Å². The minimum absolute atomic E-state index is 0.141. The molecule has 1 aliphatic heterocycles. The second-order valence-electron chi connectivity index (χ2n) is 7.05. The van der Waals surface area contributed by atoms with Crippen molar-refractivity contribution in [1.82, 2.24) is 29.6 Å². The lowest BCUT2D eigenvalue weighted by Crippen LogP contribution is -2.03. The summed E-state index contributed by atoms with van der Waals surface area (Å²) in [6.45, 7) is 5.43. The molecule has 0 aliphatic carbocycles. The van der Waals surface area contributed by atoms with Crippen molar-refractivity contribution in [3.05, 3.63) is 47.8 Å². The van der Waals surface area contributed by atoms with Gasteiger partial charge in [-0.25, -0.2) is 13.5 Å². The molecule has 0 bridgehead atoms. The number of nitrogens with zero attached hydrogens (tertiary/aromatic N) is 6. The summed E-state index contributed by atoms with van der Waals surface area (Å²) in [5, 5.41) is 20.9. The summed E-state index contributed by atoms with van der Waals surface area (Å²) in [6, 6.07) is 7.14. The molecule has 0 atom stereocenters. The molecule has 1 aliphatic rings. The first-order chi connectivity index (χ1) is 13.5. The van der Waals surface area contributed by atoms with E-state index in [1.54, 1.807) is 9.20 Å². The van der Waals surface area contributed by atoms with Gasteiger partial charge in [0.05, 0.1) is 17.8 Å². The lowest BCUT2D eigenvalue weighted by Gasteiger charge is -2.08. The molecule has 5 rings (SSSR count). The molecule has 0 fully saturated rings. The first-order valence-electron chi connectivity index (χ1n) is 9.06. The molecule has 1 N–H and O–H groups in total. The minimum atomic E-state index is -0.661. The Morgan fingerprint density at radius 1 is 1.07 bits per heavy atom.